The predicted molar refractivity (Wildman–Crippen MR) is 113 cm³/mol. The van der Waals surface area contributed by atoms with Gasteiger partial charge in [-0.1, -0.05) is 18.2 Å². The molecule has 4 N–H and O–H groups in total. The average Bonchev–Trinajstić information content (AvgIpc) is 3.17. The van der Waals surface area contributed by atoms with Gasteiger partial charge in [0, 0.05) is 24.1 Å². The van der Waals surface area contributed by atoms with E-state index >= 15 is 0 Å². The first kappa shape index (κ1) is 19.1. The zero-order valence-electron chi connectivity index (χ0n) is 16.6. The molecule has 1 aliphatic heterocycles. The van der Waals surface area contributed by atoms with Crippen LogP contribution in [0.15, 0.2) is 54.6 Å². The van der Waals surface area contributed by atoms with E-state index in [1.54, 1.807) is 0 Å². The van der Waals surface area contributed by atoms with Crippen LogP contribution in [0.4, 0.5) is 17.6 Å². The molecule has 1 fully saturated rings. The van der Waals surface area contributed by atoms with Crippen LogP contribution in [0.25, 0.3) is 0 Å². The number of rotatable bonds is 7. The summed E-state index contributed by atoms with van der Waals surface area (Å²) in [5, 5.41) is 3.21. The third kappa shape index (κ3) is 4.81. The van der Waals surface area contributed by atoms with Gasteiger partial charge in [0.2, 0.25) is 11.9 Å². The first-order valence-electron chi connectivity index (χ1n) is 10.1. The molecule has 2 aromatic carbocycles. The Bertz CT molecular complexity index is 932. The number of hydrogen-bond donors (Lipinski definition) is 3. The molecule has 2 heterocycles. The van der Waals surface area contributed by atoms with Crippen LogP contribution < -0.4 is 20.7 Å². The van der Waals surface area contributed by atoms with Crippen LogP contribution >= 0.6 is 0 Å². The summed E-state index contributed by atoms with van der Waals surface area (Å²) in [6, 6.07) is 18.7. The van der Waals surface area contributed by atoms with E-state index in [4.69, 9.17) is 10.5 Å². The number of ether oxygens (including phenoxy) is 1. The number of aromatic nitrogens is 3. The third-order valence-corrected chi connectivity index (χ3v) is 5.19. The lowest BCUT2D eigenvalue weighted by Gasteiger charge is -2.21. The second-order valence-electron chi connectivity index (χ2n) is 7.21. The molecule has 0 radical (unpaired) electrons. The van der Waals surface area contributed by atoms with Crippen LogP contribution in [0.5, 0.6) is 5.75 Å². The highest BCUT2D eigenvalue weighted by Crippen LogP contribution is 2.22. The van der Waals surface area contributed by atoms with Gasteiger partial charge in [-0.05, 0) is 43.3 Å². The molecule has 4 rings (SSSR count). The molecule has 150 valence electrons. The fraction of sp³-hybridized carbons (Fsp3) is 0.318. The van der Waals surface area contributed by atoms with Crippen LogP contribution in [0.2, 0.25) is 0 Å². The molecule has 1 unspecified atom stereocenters. The van der Waals surface area contributed by atoms with Crippen molar-refractivity contribution in [1.82, 2.24) is 15.0 Å². The third-order valence-electron chi connectivity index (χ3n) is 5.19. The molecule has 7 nitrogen and oxygen atoms in total. The Morgan fingerprint density at radius 1 is 1.07 bits per heavy atom. The van der Waals surface area contributed by atoms with Crippen molar-refractivity contribution in [1.29, 1.82) is 0 Å². The molecule has 29 heavy (non-hydrogen) atoms. The number of nitrogens with zero attached hydrogens (tertiary/aromatic N) is 3. The van der Waals surface area contributed by atoms with Crippen LogP contribution in [-0.4, -0.2) is 28.1 Å². The van der Waals surface area contributed by atoms with E-state index in [0.29, 0.717) is 31.0 Å². The molecule has 0 spiro atoms. The summed E-state index contributed by atoms with van der Waals surface area (Å²) in [6.07, 6.45) is 2.34. The molecule has 2 atom stereocenters. The maximum atomic E-state index is 5.95. The number of benzene rings is 2. The zero-order valence-corrected chi connectivity index (χ0v) is 16.6. The summed E-state index contributed by atoms with van der Waals surface area (Å²) in [7, 11) is 0. The number of nitrogens with two attached hydrogens (primary N) is 1. The predicted octanol–water partition coefficient (Wildman–Crippen LogP) is 2.52. The van der Waals surface area contributed by atoms with Gasteiger partial charge in [-0.15, -0.1) is 0 Å². The number of para-hydroxylation sites is 1. The minimum atomic E-state index is 0.240. The van der Waals surface area contributed by atoms with Gasteiger partial charge >= 0.3 is 0 Å². The minimum Gasteiger partial charge on any atom is -0.494 e. The number of quaternary nitrogens is 1. The van der Waals surface area contributed by atoms with Crippen LogP contribution in [0, 0.1) is 0 Å². The maximum Gasteiger partial charge on any atom is 0.232 e. The monoisotopic (exact) mass is 391 g/mol. The van der Waals surface area contributed by atoms with E-state index in [-0.39, 0.29) is 5.95 Å². The molecule has 1 aliphatic rings. The Morgan fingerprint density at radius 3 is 2.62 bits per heavy atom. The lowest BCUT2D eigenvalue weighted by molar-refractivity contribution is -0.932. The fourth-order valence-corrected chi connectivity index (χ4v) is 3.92. The number of anilines is 3. The van der Waals surface area contributed by atoms with Gasteiger partial charge in [0.1, 0.15) is 18.3 Å². The summed E-state index contributed by atoms with van der Waals surface area (Å²) in [6.45, 7) is 4.48. The maximum absolute atomic E-state index is 5.95. The molecule has 0 saturated carbocycles. The van der Waals surface area contributed by atoms with Crippen molar-refractivity contribution in [2.45, 2.75) is 32.4 Å². The van der Waals surface area contributed by atoms with Gasteiger partial charge in [-0.25, -0.2) is 0 Å². The van der Waals surface area contributed by atoms with Gasteiger partial charge in [0.05, 0.1) is 13.2 Å². The first-order chi connectivity index (χ1) is 14.2. The van der Waals surface area contributed by atoms with Crippen molar-refractivity contribution in [3.05, 3.63) is 66.0 Å². The van der Waals surface area contributed by atoms with Crippen LogP contribution in [0.1, 0.15) is 37.2 Å². The SMILES string of the molecule is CCOc1ccc([C@@H]2CCC[NH+]2Cc2nc(N)nc(Nc3ccccc3)n2)cc1. The highest BCUT2D eigenvalue weighted by Gasteiger charge is 2.31. The van der Waals surface area contributed by atoms with E-state index in [1.807, 2.05) is 37.3 Å². The van der Waals surface area contributed by atoms with E-state index in [0.717, 1.165) is 24.4 Å². The molecule has 1 saturated heterocycles. The van der Waals surface area contributed by atoms with E-state index < -0.39 is 0 Å². The molecular weight excluding hydrogens is 364 g/mol. The number of nitrogens with one attached hydrogen (secondary N) is 2. The summed E-state index contributed by atoms with van der Waals surface area (Å²) < 4.78 is 5.57. The Balaban J connectivity index is 1.49. The second-order valence-corrected chi connectivity index (χ2v) is 7.21. The zero-order chi connectivity index (χ0) is 20.1. The van der Waals surface area contributed by atoms with Gasteiger partial charge in [0.15, 0.2) is 5.82 Å². The highest BCUT2D eigenvalue weighted by atomic mass is 16.5. The van der Waals surface area contributed by atoms with Crippen LogP contribution in [-0.2, 0) is 6.54 Å². The van der Waals surface area contributed by atoms with E-state index in [9.17, 15) is 0 Å². The number of hydrogen-bond acceptors (Lipinski definition) is 6. The van der Waals surface area contributed by atoms with Gasteiger partial charge in [-0.3, -0.25) is 0 Å². The molecule has 1 aromatic heterocycles. The average molecular weight is 391 g/mol. The Morgan fingerprint density at radius 2 is 1.86 bits per heavy atom. The number of likely N-dealkylation sites (tertiary alicyclic amines) is 1. The summed E-state index contributed by atoms with van der Waals surface area (Å²) in [4.78, 5) is 14.7. The van der Waals surface area contributed by atoms with Crippen molar-refractivity contribution in [3.8, 4) is 5.75 Å². The summed E-state index contributed by atoms with van der Waals surface area (Å²) in [5.74, 6) is 2.35. The molecule has 0 amide bonds. The lowest BCUT2D eigenvalue weighted by Crippen LogP contribution is -3.09. The normalized spacial score (nSPS) is 18.5. The molecule has 3 aromatic rings. The summed E-state index contributed by atoms with van der Waals surface area (Å²) in [5.41, 5.74) is 8.20. The molecule has 7 heteroatoms. The quantitative estimate of drug-likeness (QED) is 0.573. The summed E-state index contributed by atoms with van der Waals surface area (Å²) >= 11 is 0. The van der Waals surface area contributed by atoms with Crippen molar-refractivity contribution >= 4 is 17.6 Å². The van der Waals surface area contributed by atoms with Crippen molar-refractivity contribution in [2.24, 2.45) is 0 Å². The highest BCUT2D eigenvalue weighted by molar-refractivity contribution is 5.53. The van der Waals surface area contributed by atoms with E-state index in [2.05, 4.69) is 44.5 Å². The second kappa shape index (κ2) is 8.87. The van der Waals surface area contributed by atoms with Gasteiger partial charge in [0.25, 0.3) is 0 Å². The standard InChI is InChI=1S/C22H26N6O/c1-2-29-18-12-10-16(11-13-18)19-9-6-14-28(19)15-20-25-21(23)27-22(26-20)24-17-7-4-3-5-8-17/h3-5,7-8,10-13,19H,2,6,9,14-15H2,1H3,(H3,23,24,25,26,27)/p+1/t19-/m0/s1. The Kier molecular flexibility index (Phi) is 5.86. The van der Waals surface area contributed by atoms with Gasteiger partial charge < -0.3 is 20.7 Å². The van der Waals surface area contributed by atoms with Crippen molar-refractivity contribution < 1.29 is 9.64 Å². The Hall–Kier alpha value is -3.19. The number of nitrogen functional groups attached to an aromatic ring is 1. The lowest BCUT2D eigenvalue weighted by atomic mass is 10.0. The smallest absolute Gasteiger partial charge is 0.232 e. The topological polar surface area (TPSA) is 90.4 Å². The minimum absolute atomic E-state index is 0.240. The van der Waals surface area contributed by atoms with Crippen molar-refractivity contribution in [2.75, 3.05) is 24.2 Å². The van der Waals surface area contributed by atoms with E-state index in [1.165, 1.54) is 16.9 Å². The Labute approximate surface area is 171 Å². The van der Waals surface area contributed by atoms with Gasteiger partial charge in [-0.2, -0.15) is 15.0 Å². The largest absolute Gasteiger partial charge is 0.494 e. The first-order valence-corrected chi connectivity index (χ1v) is 10.1. The fourth-order valence-electron chi connectivity index (χ4n) is 3.92. The van der Waals surface area contributed by atoms with Crippen LogP contribution in [0.3, 0.4) is 0 Å². The van der Waals surface area contributed by atoms with Crippen molar-refractivity contribution in [3.63, 3.8) is 0 Å². The molecule has 0 bridgehead atoms. The molecular formula is C22H27N6O+. The molecule has 0 aliphatic carbocycles.